The van der Waals surface area contributed by atoms with Gasteiger partial charge in [-0.05, 0) is 26.0 Å². The number of benzene rings is 1. The Hall–Kier alpha value is -2.22. The minimum Gasteiger partial charge on any atom is -0.506 e. The number of phenolic OH excluding ortho intramolecular Hbond substituents is 1. The third-order valence-corrected chi connectivity index (χ3v) is 4.29. The number of aromatic hydroxyl groups is 1. The molecule has 0 radical (unpaired) electrons. The highest BCUT2D eigenvalue weighted by atomic mass is 32.2. The summed E-state index contributed by atoms with van der Waals surface area (Å²) in [6.07, 6.45) is 0. The molecular formula is C12H14N2O5S. The number of ether oxygens (including phenoxy) is 1. The van der Waals surface area contributed by atoms with Crippen molar-refractivity contribution in [2.45, 2.75) is 18.7 Å². The Morgan fingerprint density at radius 3 is 2.60 bits per heavy atom. The van der Waals surface area contributed by atoms with Gasteiger partial charge >= 0.3 is 0 Å². The fraction of sp³-hybridized carbons (Fsp3) is 0.250. The molecule has 0 spiro atoms. The standard InChI is InChI=1S/C12H14N2O5S/c1-7-12(8(2)19-13-7)20(16,17)14-10-6-9(18-3)4-5-11(10)15/h4-6,14-15H,1-3H3. The van der Waals surface area contributed by atoms with Crippen LogP contribution < -0.4 is 9.46 Å². The topological polar surface area (TPSA) is 102 Å². The lowest BCUT2D eigenvalue weighted by Gasteiger charge is -2.10. The molecule has 0 aliphatic carbocycles. The molecule has 1 heterocycles. The number of aromatic nitrogens is 1. The number of rotatable bonds is 4. The van der Waals surface area contributed by atoms with Crippen LogP contribution in [0.2, 0.25) is 0 Å². The van der Waals surface area contributed by atoms with E-state index in [0.29, 0.717) is 5.75 Å². The summed E-state index contributed by atoms with van der Waals surface area (Å²) in [6.45, 7) is 3.02. The van der Waals surface area contributed by atoms with Crippen molar-refractivity contribution in [3.63, 3.8) is 0 Å². The maximum absolute atomic E-state index is 12.3. The first-order valence-corrected chi connectivity index (χ1v) is 7.16. The Labute approximate surface area is 116 Å². The van der Waals surface area contributed by atoms with E-state index in [2.05, 4.69) is 9.88 Å². The Morgan fingerprint density at radius 2 is 2.05 bits per heavy atom. The highest BCUT2D eigenvalue weighted by molar-refractivity contribution is 7.92. The van der Waals surface area contributed by atoms with Gasteiger partial charge in [-0.15, -0.1) is 0 Å². The molecule has 0 fully saturated rings. The smallest absolute Gasteiger partial charge is 0.267 e. The molecule has 0 amide bonds. The average molecular weight is 298 g/mol. The minimum absolute atomic E-state index is 0.0179. The van der Waals surface area contributed by atoms with Crippen molar-refractivity contribution in [3.8, 4) is 11.5 Å². The summed E-state index contributed by atoms with van der Waals surface area (Å²) >= 11 is 0. The van der Waals surface area contributed by atoms with E-state index in [1.165, 1.54) is 39.2 Å². The third-order valence-electron chi connectivity index (χ3n) is 2.68. The number of nitrogens with zero attached hydrogens (tertiary/aromatic N) is 1. The Kier molecular flexibility index (Phi) is 3.58. The SMILES string of the molecule is COc1ccc(O)c(NS(=O)(=O)c2c(C)noc2C)c1. The summed E-state index contributed by atoms with van der Waals surface area (Å²) in [4.78, 5) is -0.0419. The normalized spacial score (nSPS) is 11.3. The van der Waals surface area contributed by atoms with Crippen LogP contribution in [0.1, 0.15) is 11.5 Å². The zero-order valence-electron chi connectivity index (χ0n) is 11.2. The largest absolute Gasteiger partial charge is 0.506 e. The van der Waals surface area contributed by atoms with E-state index in [9.17, 15) is 13.5 Å². The molecule has 2 N–H and O–H groups in total. The zero-order chi connectivity index (χ0) is 14.9. The molecule has 108 valence electrons. The molecule has 7 nitrogen and oxygen atoms in total. The van der Waals surface area contributed by atoms with Crippen molar-refractivity contribution >= 4 is 15.7 Å². The van der Waals surface area contributed by atoms with Gasteiger partial charge in [0.15, 0.2) is 10.7 Å². The number of aryl methyl sites for hydroxylation is 2. The average Bonchev–Trinajstić information content (AvgIpc) is 2.72. The Balaban J connectivity index is 2.43. The van der Waals surface area contributed by atoms with E-state index in [1.807, 2.05) is 0 Å². The van der Waals surface area contributed by atoms with Crippen LogP contribution in [0.5, 0.6) is 11.5 Å². The summed E-state index contributed by atoms with van der Waals surface area (Å²) in [5.41, 5.74) is 0.265. The molecule has 0 saturated heterocycles. The second kappa shape index (κ2) is 5.04. The van der Waals surface area contributed by atoms with Gasteiger partial charge in [-0.25, -0.2) is 8.42 Å². The molecule has 2 aromatic rings. The predicted molar refractivity (Wildman–Crippen MR) is 71.4 cm³/mol. The van der Waals surface area contributed by atoms with Gasteiger partial charge in [-0.1, -0.05) is 5.16 Å². The Bertz CT molecular complexity index is 717. The van der Waals surface area contributed by atoms with Crippen LogP contribution >= 0.6 is 0 Å². The molecule has 1 aromatic heterocycles. The molecule has 0 unspecified atom stereocenters. The highest BCUT2D eigenvalue weighted by Gasteiger charge is 2.25. The maximum Gasteiger partial charge on any atom is 0.267 e. The van der Waals surface area contributed by atoms with Gasteiger partial charge in [0, 0.05) is 6.07 Å². The molecule has 0 aliphatic rings. The van der Waals surface area contributed by atoms with Crippen LogP contribution in [0, 0.1) is 13.8 Å². The van der Waals surface area contributed by atoms with Gasteiger partial charge in [0.1, 0.15) is 17.2 Å². The van der Waals surface area contributed by atoms with Gasteiger partial charge in [0.25, 0.3) is 10.0 Å². The van der Waals surface area contributed by atoms with Crippen LogP contribution in [0.3, 0.4) is 0 Å². The fourth-order valence-electron chi connectivity index (χ4n) is 1.78. The van der Waals surface area contributed by atoms with E-state index in [0.717, 1.165) is 0 Å². The lowest BCUT2D eigenvalue weighted by molar-refractivity contribution is 0.390. The van der Waals surface area contributed by atoms with Crippen molar-refractivity contribution in [1.82, 2.24) is 5.16 Å². The summed E-state index contributed by atoms with van der Waals surface area (Å²) in [6, 6.07) is 4.23. The predicted octanol–water partition coefficient (Wildman–Crippen LogP) is 1.81. The molecule has 0 saturated carbocycles. The highest BCUT2D eigenvalue weighted by Crippen LogP contribution is 2.31. The second-order valence-corrected chi connectivity index (χ2v) is 5.76. The minimum atomic E-state index is -3.90. The molecule has 0 bridgehead atoms. The van der Waals surface area contributed by atoms with E-state index in [-0.39, 0.29) is 27.8 Å². The number of phenols is 1. The molecule has 2 rings (SSSR count). The Morgan fingerprint density at radius 1 is 1.35 bits per heavy atom. The molecule has 8 heteroatoms. The van der Waals surface area contributed by atoms with Gasteiger partial charge in [0.05, 0.1) is 12.8 Å². The quantitative estimate of drug-likeness (QED) is 0.835. The number of hydrogen-bond donors (Lipinski definition) is 2. The second-order valence-electron chi connectivity index (χ2n) is 4.14. The molecular weight excluding hydrogens is 284 g/mol. The molecule has 0 atom stereocenters. The van der Waals surface area contributed by atoms with E-state index in [4.69, 9.17) is 9.26 Å². The third kappa shape index (κ3) is 2.55. The van der Waals surface area contributed by atoms with E-state index >= 15 is 0 Å². The summed E-state index contributed by atoms with van der Waals surface area (Å²) in [5, 5.41) is 13.3. The number of methoxy groups -OCH3 is 1. The van der Waals surface area contributed by atoms with Crippen molar-refractivity contribution in [3.05, 3.63) is 29.7 Å². The van der Waals surface area contributed by atoms with Crippen LogP contribution in [0.25, 0.3) is 0 Å². The molecule has 20 heavy (non-hydrogen) atoms. The summed E-state index contributed by atoms with van der Waals surface area (Å²) < 4.78 is 36.7. The van der Waals surface area contributed by atoms with Gasteiger partial charge < -0.3 is 14.4 Å². The number of anilines is 1. The van der Waals surface area contributed by atoms with Gasteiger partial charge in [-0.3, -0.25) is 4.72 Å². The first-order chi connectivity index (χ1) is 9.35. The first kappa shape index (κ1) is 14.2. The molecule has 1 aromatic carbocycles. The monoisotopic (exact) mass is 298 g/mol. The van der Waals surface area contributed by atoms with Crippen LogP contribution in [0.4, 0.5) is 5.69 Å². The zero-order valence-corrected chi connectivity index (χ0v) is 12.0. The van der Waals surface area contributed by atoms with E-state index < -0.39 is 10.0 Å². The lowest BCUT2D eigenvalue weighted by Crippen LogP contribution is -2.14. The lowest BCUT2D eigenvalue weighted by atomic mass is 10.3. The summed E-state index contributed by atoms with van der Waals surface area (Å²) in [5.74, 6) is 0.387. The van der Waals surface area contributed by atoms with E-state index in [1.54, 1.807) is 0 Å². The van der Waals surface area contributed by atoms with Crippen molar-refractivity contribution in [2.24, 2.45) is 0 Å². The maximum atomic E-state index is 12.3. The van der Waals surface area contributed by atoms with Crippen LogP contribution in [-0.4, -0.2) is 25.8 Å². The van der Waals surface area contributed by atoms with Crippen LogP contribution in [-0.2, 0) is 10.0 Å². The number of sulfonamides is 1. The number of nitrogens with one attached hydrogen (secondary N) is 1. The summed E-state index contributed by atoms with van der Waals surface area (Å²) in [7, 11) is -2.46. The number of hydrogen-bond acceptors (Lipinski definition) is 6. The molecule has 0 aliphatic heterocycles. The van der Waals surface area contributed by atoms with Crippen molar-refractivity contribution < 1.29 is 22.8 Å². The first-order valence-electron chi connectivity index (χ1n) is 5.68. The van der Waals surface area contributed by atoms with Gasteiger partial charge in [-0.2, -0.15) is 0 Å². The van der Waals surface area contributed by atoms with Crippen LogP contribution in [0.15, 0.2) is 27.6 Å². The van der Waals surface area contributed by atoms with Crippen molar-refractivity contribution in [1.29, 1.82) is 0 Å². The fourth-order valence-corrected chi connectivity index (χ4v) is 3.17. The van der Waals surface area contributed by atoms with Gasteiger partial charge in [0.2, 0.25) is 0 Å². The van der Waals surface area contributed by atoms with Crippen molar-refractivity contribution in [2.75, 3.05) is 11.8 Å².